The van der Waals surface area contributed by atoms with Crippen molar-refractivity contribution in [2.75, 3.05) is 18.5 Å². The summed E-state index contributed by atoms with van der Waals surface area (Å²) in [7, 11) is 0. The summed E-state index contributed by atoms with van der Waals surface area (Å²) in [6.07, 6.45) is 4.31. The second-order valence-electron chi connectivity index (χ2n) is 4.31. The van der Waals surface area contributed by atoms with Gasteiger partial charge in [0.2, 0.25) is 0 Å². The van der Waals surface area contributed by atoms with Crippen LogP contribution >= 0.6 is 28.1 Å². The molecule has 1 unspecified atom stereocenters. The molecule has 1 aliphatic rings. The van der Waals surface area contributed by atoms with Crippen molar-refractivity contribution in [3.63, 3.8) is 0 Å². The number of nitrogens with one attached hydrogen (secondary N) is 2. The molecule has 1 fully saturated rings. The summed E-state index contributed by atoms with van der Waals surface area (Å²) in [5.74, 6) is 0.727. The van der Waals surface area contributed by atoms with Gasteiger partial charge in [-0.3, -0.25) is 0 Å². The third-order valence-corrected chi connectivity index (χ3v) is 3.58. The number of pyridine rings is 1. The van der Waals surface area contributed by atoms with E-state index < -0.39 is 0 Å². The molecule has 98 valence electrons. The number of rotatable bonds is 3. The average Bonchev–Trinajstić information content (AvgIpc) is 2.83. The molecule has 18 heavy (non-hydrogen) atoms. The van der Waals surface area contributed by atoms with E-state index in [1.165, 1.54) is 0 Å². The molecule has 0 spiro atoms. The lowest BCUT2D eigenvalue weighted by Crippen LogP contribution is -2.35. The van der Waals surface area contributed by atoms with Crippen LogP contribution in [0.25, 0.3) is 0 Å². The number of hydrogen-bond acceptors (Lipinski definition) is 3. The molecule has 4 nitrogen and oxygen atoms in total. The monoisotopic (exact) mass is 329 g/mol. The van der Waals surface area contributed by atoms with Crippen molar-refractivity contribution in [1.29, 1.82) is 0 Å². The minimum Gasteiger partial charge on any atom is -0.376 e. The van der Waals surface area contributed by atoms with Gasteiger partial charge in [0.1, 0.15) is 5.82 Å². The molecule has 0 bridgehead atoms. The lowest BCUT2D eigenvalue weighted by molar-refractivity contribution is 0.114. The SMILES string of the molecule is Cc1cnc(NC(=S)NCC2CCCO2)c(Br)c1. The Labute approximate surface area is 121 Å². The zero-order valence-electron chi connectivity index (χ0n) is 10.2. The summed E-state index contributed by atoms with van der Waals surface area (Å²) >= 11 is 8.68. The fourth-order valence-electron chi connectivity index (χ4n) is 1.79. The summed E-state index contributed by atoms with van der Waals surface area (Å²) in [6.45, 7) is 3.60. The molecule has 6 heteroatoms. The molecule has 1 aliphatic heterocycles. The summed E-state index contributed by atoms with van der Waals surface area (Å²) in [5, 5.41) is 6.79. The Morgan fingerprint density at radius 3 is 3.17 bits per heavy atom. The van der Waals surface area contributed by atoms with Crippen molar-refractivity contribution < 1.29 is 4.74 Å². The van der Waals surface area contributed by atoms with Crippen molar-refractivity contribution in [2.24, 2.45) is 0 Å². The van der Waals surface area contributed by atoms with Crippen LogP contribution in [0.15, 0.2) is 16.7 Å². The van der Waals surface area contributed by atoms with E-state index in [9.17, 15) is 0 Å². The Balaban J connectivity index is 1.82. The summed E-state index contributed by atoms with van der Waals surface area (Å²) in [4.78, 5) is 4.28. The second kappa shape index (κ2) is 6.45. The van der Waals surface area contributed by atoms with Gasteiger partial charge in [0.05, 0.1) is 10.6 Å². The number of nitrogens with zero attached hydrogens (tertiary/aromatic N) is 1. The quantitative estimate of drug-likeness (QED) is 0.835. The summed E-state index contributed by atoms with van der Waals surface area (Å²) in [5.41, 5.74) is 1.10. The molecule has 0 aliphatic carbocycles. The van der Waals surface area contributed by atoms with Crippen LogP contribution in [-0.2, 0) is 4.74 Å². The number of ether oxygens (including phenoxy) is 1. The number of aromatic nitrogens is 1. The van der Waals surface area contributed by atoms with Crippen LogP contribution in [0.5, 0.6) is 0 Å². The zero-order chi connectivity index (χ0) is 13.0. The molecular formula is C12H16BrN3OS. The van der Waals surface area contributed by atoms with Crippen LogP contribution in [-0.4, -0.2) is 29.4 Å². The van der Waals surface area contributed by atoms with Crippen LogP contribution < -0.4 is 10.6 Å². The first-order valence-electron chi connectivity index (χ1n) is 5.94. The van der Waals surface area contributed by atoms with E-state index in [4.69, 9.17) is 17.0 Å². The van der Waals surface area contributed by atoms with Crippen LogP contribution in [0.1, 0.15) is 18.4 Å². The maximum absolute atomic E-state index is 5.52. The highest BCUT2D eigenvalue weighted by atomic mass is 79.9. The third-order valence-electron chi connectivity index (χ3n) is 2.72. The molecule has 2 rings (SSSR count). The van der Waals surface area contributed by atoms with Crippen LogP contribution in [0, 0.1) is 6.92 Å². The van der Waals surface area contributed by atoms with Gasteiger partial charge in [0, 0.05) is 19.3 Å². The standard InChI is InChI=1S/C12H16BrN3OS/c1-8-5-10(13)11(14-6-8)16-12(18)15-7-9-3-2-4-17-9/h5-6,9H,2-4,7H2,1H3,(H2,14,15,16,18). The molecule has 1 atom stereocenters. The topological polar surface area (TPSA) is 46.2 Å². The first-order chi connectivity index (χ1) is 8.65. The van der Waals surface area contributed by atoms with Crippen LogP contribution in [0.2, 0.25) is 0 Å². The summed E-state index contributed by atoms with van der Waals surface area (Å²) < 4.78 is 6.42. The number of thiocarbonyl (C=S) groups is 1. The Kier molecular flexibility index (Phi) is 4.91. The van der Waals surface area contributed by atoms with Crippen molar-refractivity contribution >= 4 is 39.1 Å². The maximum atomic E-state index is 5.52. The molecule has 0 saturated carbocycles. The van der Waals surface area contributed by atoms with E-state index in [1.807, 2.05) is 13.0 Å². The summed E-state index contributed by atoms with van der Waals surface area (Å²) in [6, 6.07) is 2.00. The van der Waals surface area contributed by atoms with Crippen molar-refractivity contribution in [3.05, 3.63) is 22.3 Å². The molecule has 2 N–H and O–H groups in total. The molecular weight excluding hydrogens is 314 g/mol. The largest absolute Gasteiger partial charge is 0.376 e. The van der Waals surface area contributed by atoms with Gasteiger partial charge in [0.15, 0.2) is 5.11 Å². The van der Waals surface area contributed by atoms with E-state index in [0.717, 1.165) is 41.8 Å². The van der Waals surface area contributed by atoms with E-state index in [-0.39, 0.29) is 6.10 Å². The Morgan fingerprint density at radius 1 is 1.67 bits per heavy atom. The molecule has 0 aromatic carbocycles. The Bertz CT molecular complexity index is 435. The van der Waals surface area contributed by atoms with Crippen LogP contribution in [0.3, 0.4) is 0 Å². The fourth-order valence-corrected chi connectivity index (χ4v) is 2.53. The van der Waals surface area contributed by atoms with E-state index in [2.05, 4.69) is 31.5 Å². The predicted octanol–water partition coefficient (Wildman–Crippen LogP) is 2.62. The molecule has 0 amide bonds. The third kappa shape index (κ3) is 3.90. The Morgan fingerprint density at radius 2 is 2.50 bits per heavy atom. The van der Waals surface area contributed by atoms with E-state index in [0.29, 0.717) is 5.11 Å². The highest BCUT2D eigenvalue weighted by Gasteiger charge is 2.15. The number of aryl methyl sites for hydroxylation is 1. The zero-order valence-corrected chi connectivity index (χ0v) is 12.6. The highest BCUT2D eigenvalue weighted by molar-refractivity contribution is 9.10. The minimum absolute atomic E-state index is 0.277. The first-order valence-corrected chi connectivity index (χ1v) is 7.14. The van der Waals surface area contributed by atoms with Gasteiger partial charge in [0.25, 0.3) is 0 Å². The Hall–Kier alpha value is -0.720. The average molecular weight is 330 g/mol. The first kappa shape index (κ1) is 13.7. The molecule has 1 saturated heterocycles. The van der Waals surface area contributed by atoms with E-state index >= 15 is 0 Å². The normalized spacial score (nSPS) is 18.7. The minimum atomic E-state index is 0.277. The number of hydrogen-bond donors (Lipinski definition) is 2. The molecule has 2 heterocycles. The van der Waals surface area contributed by atoms with Gasteiger partial charge in [-0.2, -0.15) is 0 Å². The van der Waals surface area contributed by atoms with Gasteiger partial charge >= 0.3 is 0 Å². The van der Waals surface area contributed by atoms with Crippen molar-refractivity contribution in [3.8, 4) is 0 Å². The van der Waals surface area contributed by atoms with Crippen LogP contribution in [0.4, 0.5) is 5.82 Å². The van der Waals surface area contributed by atoms with Gasteiger partial charge in [-0.1, -0.05) is 0 Å². The highest BCUT2D eigenvalue weighted by Crippen LogP contribution is 2.20. The predicted molar refractivity (Wildman–Crippen MR) is 79.9 cm³/mol. The molecule has 1 aromatic rings. The van der Waals surface area contributed by atoms with E-state index in [1.54, 1.807) is 6.20 Å². The van der Waals surface area contributed by atoms with Gasteiger partial charge in [-0.15, -0.1) is 0 Å². The second-order valence-corrected chi connectivity index (χ2v) is 5.58. The number of halogens is 1. The van der Waals surface area contributed by atoms with Crippen molar-refractivity contribution in [1.82, 2.24) is 10.3 Å². The lowest BCUT2D eigenvalue weighted by Gasteiger charge is -2.14. The van der Waals surface area contributed by atoms with Crippen molar-refractivity contribution in [2.45, 2.75) is 25.9 Å². The lowest BCUT2D eigenvalue weighted by atomic mass is 10.2. The van der Waals surface area contributed by atoms with Gasteiger partial charge in [-0.25, -0.2) is 4.98 Å². The smallest absolute Gasteiger partial charge is 0.172 e. The molecule has 1 aromatic heterocycles. The van der Waals surface area contributed by atoms with Gasteiger partial charge < -0.3 is 15.4 Å². The fraction of sp³-hybridized carbons (Fsp3) is 0.500. The number of anilines is 1. The maximum Gasteiger partial charge on any atom is 0.172 e. The van der Waals surface area contributed by atoms with Gasteiger partial charge in [-0.05, 0) is 59.5 Å². The molecule has 0 radical (unpaired) electrons.